The van der Waals surface area contributed by atoms with E-state index >= 15 is 0 Å². The van der Waals surface area contributed by atoms with Crippen LogP contribution in [0.1, 0.15) is 115 Å². The molecule has 0 aromatic heterocycles. The first kappa shape index (κ1) is 54.2. The number of ether oxygens (including phenoxy) is 2. The molecule has 15 nitrogen and oxygen atoms in total. The molecule has 4 aromatic rings. The fourth-order valence-corrected chi connectivity index (χ4v) is 5.40. The number of carbonyl (C=O) groups excluding carboxylic acids is 5. The van der Waals surface area contributed by atoms with E-state index in [1.807, 2.05) is 102 Å². The Hall–Kier alpha value is -6.90. The summed E-state index contributed by atoms with van der Waals surface area (Å²) in [5.41, 5.74) is 7.68. The van der Waals surface area contributed by atoms with Crippen LogP contribution in [0.4, 0.5) is 21.0 Å². The molecular formula is C50H68N6O9. The van der Waals surface area contributed by atoms with E-state index in [-0.39, 0.29) is 35.2 Å². The van der Waals surface area contributed by atoms with Gasteiger partial charge in [-0.2, -0.15) is 0 Å². The summed E-state index contributed by atoms with van der Waals surface area (Å²) in [6.07, 6.45) is -0.869. The second kappa shape index (κ2) is 24.2. The van der Waals surface area contributed by atoms with Gasteiger partial charge in [0.15, 0.2) is 0 Å². The maximum absolute atomic E-state index is 13.0. The number of carbonyl (C=O) groups is 6. The standard InChI is InChI=1S/C25H33N3O4.C14H19NO4.C11H16N2O/c1-24(2,3)28-21(29)18-12-14-19(15-13-18)26-22(30)20(16-17-10-8-7-9-11-17)27-23(31)32-25(4,5)6;1-14(2,3)19-13(18)15-11(12(16)17)9-10-7-5-4-6-8-10;1-11(2,3)13-10(14)8-4-6-9(12)7-5-8/h7-15,20H,16H2,1-6H3,(H,26,30)(H,27,31)(H,28,29);4-8,11H,9H2,1-3H3,(H,15,18)(H,16,17);4-7H,12H2,1-3H3,(H,13,14)/t20-;11-;/m00./s1. The van der Waals surface area contributed by atoms with Crippen molar-refractivity contribution in [2.75, 3.05) is 11.1 Å². The molecule has 2 atom stereocenters. The van der Waals surface area contributed by atoms with E-state index in [1.165, 1.54) is 0 Å². The van der Waals surface area contributed by atoms with Gasteiger partial charge in [-0.1, -0.05) is 60.7 Å². The molecule has 0 aliphatic rings. The zero-order chi connectivity index (χ0) is 49.2. The second-order valence-corrected chi connectivity index (χ2v) is 19.2. The van der Waals surface area contributed by atoms with Crippen LogP contribution in [0.25, 0.3) is 0 Å². The lowest BCUT2D eigenvalue weighted by Crippen LogP contribution is -2.47. The van der Waals surface area contributed by atoms with Crippen molar-refractivity contribution in [1.82, 2.24) is 21.3 Å². The van der Waals surface area contributed by atoms with Gasteiger partial charge < -0.3 is 46.9 Å². The summed E-state index contributed by atoms with van der Waals surface area (Å²) in [6, 6.07) is 30.2. The van der Waals surface area contributed by atoms with E-state index in [9.17, 15) is 28.8 Å². The summed E-state index contributed by atoms with van der Waals surface area (Å²) < 4.78 is 10.4. The van der Waals surface area contributed by atoms with Crippen LogP contribution in [0, 0.1) is 0 Å². The van der Waals surface area contributed by atoms with E-state index in [0.717, 1.165) is 11.1 Å². The van der Waals surface area contributed by atoms with Gasteiger partial charge in [-0.15, -0.1) is 0 Å². The van der Waals surface area contributed by atoms with Gasteiger partial charge in [-0.3, -0.25) is 14.4 Å². The van der Waals surface area contributed by atoms with Crippen LogP contribution in [0.5, 0.6) is 0 Å². The van der Waals surface area contributed by atoms with E-state index in [2.05, 4.69) is 26.6 Å². The highest BCUT2D eigenvalue weighted by atomic mass is 16.6. The molecule has 0 aliphatic carbocycles. The summed E-state index contributed by atoms with van der Waals surface area (Å²) in [5.74, 6) is -1.73. The quantitative estimate of drug-likeness (QED) is 0.0713. The fourth-order valence-electron chi connectivity index (χ4n) is 5.40. The number of nitrogen functional groups attached to an aromatic ring is 1. The van der Waals surface area contributed by atoms with Crippen molar-refractivity contribution in [3.63, 3.8) is 0 Å². The van der Waals surface area contributed by atoms with Gasteiger partial charge in [0.05, 0.1) is 0 Å². The SMILES string of the molecule is CC(C)(C)NC(=O)c1ccc(N)cc1.CC(C)(C)NC(=O)c1ccc(NC(=O)[C@H](Cc2ccccc2)NC(=O)OC(C)(C)C)cc1.CC(C)(C)OC(=O)N[C@@H](Cc1ccccc1)C(=O)O. The van der Waals surface area contributed by atoms with Crippen LogP contribution in [0.2, 0.25) is 0 Å². The van der Waals surface area contributed by atoms with Crippen LogP contribution in [0.15, 0.2) is 109 Å². The van der Waals surface area contributed by atoms with Crippen molar-refractivity contribution in [3.05, 3.63) is 131 Å². The summed E-state index contributed by atoms with van der Waals surface area (Å²) >= 11 is 0. The smallest absolute Gasteiger partial charge is 0.408 e. The Bertz CT molecular complexity index is 2150. The third kappa shape index (κ3) is 23.9. The van der Waals surface area contributed by atoms with Crippen molar-refractivity contribution in [1.29, 1.82) is 0 Å². The first-order chi connectivity index (χ1) is 30.0. The molecule has 15 heteroatoms. The molecule has 0 aliphatic heterocycles. The number of carboxylic acids is 1. The Morgan fingerprint density at radius 3 is 1.23 bits per heavy atom. The Kier molecular flexibility index (Phi) is 20.2. The molecule has 4 rings (SSSR count). The number of anilines is 2. The molecule has 0 fully saturated rings. The highest BCUT2D eigenvalue weighted by Crippen LogP contribution is 2.15. The van der Waals surface area contributed by atoms with Crippen molar-refractivity contribution in [3.8, 4) is 0 Å². The minimum atomic E-state index is -1.09. The molecule has 0 saturated carbocycles. The average Bonchev–Trinajstić information content (AvgIpc) is 3.16. The lowest BCUT2D eigenvalue weighted by Gasteiger charge is -2.23. The molecular weight excluding hydrogens is 829 g/mol. The number of amides is 5. The lowest BCUT2D eigenvalue weighted by atomic mass is 10.0. The summed E-state index contributed by atoms with van der Waals surface area (Å²) in [5, 5.41) is 22.7. The molecule has 0 spiro atoms. The predicted octanol–water partition coefficient (Wildman–Crippen LogP) is 8.29. The number of rotatable bonds is 11. The maximum Gasteiger partial charge on any atom is 0.408 e. The average molecular weight is 897 g/mol. The zero-order valence-electron chi connectivity index (χ0n) is 39.8. The lowest BCUT2D eigenvalue weighted by molar-refractivity contribution is -0.139. The Morgan fingerprint density at radius 1 is 0.523 bits per heavy atom. The minimum absolute atomic E-state index is 0.0718. The molecule has 65 heavy (non-hydrogen) atoms. The first-order valence-corrected chi connectivity index (χ1v) is 21.2. The van der Waals surface area contributed by atoms with Crippen molar-refractivity contribution in [2.45, 2.75) is 130 Å². The predicted molar refractivity (Wildman–Crippen MR) is 255 cm³/mol. The number of carboxylic acid groups (broad SMARTS) is 1. The zero-order valence-corrected chi connectivity index (χ0v) is 39.8. The normalized spacial score (nSPS) is 12.2. The van der Waals surface area contributed by atoms with E-state index in [0.29, 0.717) is 28.9 Å². The van der Waals surface area contributed by atoms with Crippen LogP contribution in [-0.2, 0) is 31.9 Å². The molecule has 0 radical (unpaired) electrons. The Labute approximate surface area is 383 Å². The number of aliphatic carboxylic acids is 1. The van der Waals surface area contributed by atoms with Crippen molar-refractivity contribution < 1.29 is 43.3 Å². The molecule has 0 bridgehead atoms. The van der Waals surface area contributed by atoms with Gasteiger partial charge in [0.2, 0.25) is 5.91 Å². The fraction of sp³-hybridized carbons (Fsp3) is 0.400. The largest absolute Gasteiger partial charge is 0.480 e. The number of hydrogen-bond donors (Lipinski definition) is 7. The number of nitrogens with two attached hydrogens (primary N) is 1. The van der Waals surface area contributed by atoms with E-state index in [4.69, 9.17) is 20.3 Å². The minimum Gasteiger partial charge on any atom is -0.480 e. The van der Waals surface area contributed by atoms with Crippen LogP contribution in [0.3, 0.4) is 0 Å². The van der Waals surface area contributed by atoms with Gasteiger partial charge in [0, 0.05) is 46.4 Å². The van der Waals surface area contributed by atoms with Gasteiger partial charge in [-0.25, -0.2) is 14.4 Å². The number of hydrogen-bond acceptors (Lipinski definition) is 9. The van der Waals surface area contributed by atoms with E-state index < -0.39 is 41.4 Å². The molecule has 8 N–H and O–H groups in total. The molecule has 0 saturated heterocycles. The van der Waals surface area contributed by atoms with Crippen molar-refractivity contribution >= 4 is 47.3 Å². The molecule has 352 valence electrons. The maximum atomic E-state index is 13.0. The van der Waals surface area contributed by atoms with Gasteiger partial charge >= 0.3 is 18.2 Å². The number of benzene rings is 4. The van der Waals surface area contributed by atoms with Crippen LogP contribution >= 0.6 is 0 Å². The number of nitrogens with one attached hydrogen (secondary N) is 5. The van der Waals surface area contributed by atoms with Gasteiger partial charge in [0.1, 0.15) is 23.3 Å². The van der Waals surface area contributed by atoms with Crippen LogP contribution < -0.4 is 32.3 Å². The monoisotopic (exact) mass is 897 g/mol. The first-order valence-electron chi connectivity index (χ1n) is 21.2. The van der Waals surface area contributed by atoms with E-state index in [1.54, 1.807) is 90.1 Å². The molecule has 4 aromatic carbocycles. The molecule has 0 unspecified atom stereocenters. The second-order valence-electron chi connectivity index (χ2n) is 19.2. The Morgan fingerprint density at radius 2 is 0.877 bits per heavy atom. The summed E-state index contributed by atoms with van der Waals surface area (Å²) in [7, 11) is 0. The summed E-state index contributed by atoms with van der Waals surface area (Å²) in [4.78, 5) is 71.9. The Balaban J connectivity index is 0.000000371. The third-order valence-corrected chi connectivity index (χ3v) is 8.13. The highest BCUT2D eigenvalue weighted by Gasteiger charge is 2.26. The van der Waals surface area contributed by atoms with Gasteiger partial charge in [0.25, 0.3) is 11.8 Å². The highest BCUT2D eigenvalue weighted by molar-refractivity contribution is 5.98. The van der Waals surface area contributed by atoms with Crippen molar-refractivity contribution in [2.24, 2.45) is 0 Å². The van der Waals surface area contributed by atoms with Crippen LogP contribution in [-0.4, -0.2) is 75.3 Å². The third-order valence-electron chi connectivity index (χ3n) is 8.13. The molecule has 0 heterocycles. The summed E-state index contributed by atoms with van der Waals surface area (Å²) in [6.45, 7) is 22.0. The van der Waals surface area contributed by atoms with Gasteiger partial charge in [-0.05, 0) is 143 Å². The molecule has 5 amide bonds. The topological polar surface area (TPSA) is 227 Å². The number of alkyl carbamates (subject to hydrolysis) is 2.